The molecule has 1 N–H and O–H groups in total. The molecule has 0 saturated heterocycles. The molecule has 0 bridgehead atoms. The van der Waals surface area contributed by atoms with E-state index in [0.717, 1.165) is 11.8 Å². The first-order valence-electron chi connectivity index (χ1n) is 7.88. The predicted molar refractivity (Wildman–Crippen MR) is 95.2 cm³/mol. The quantitative estimate of drug-likeness (QED) is 0.782. The molecule has 0 aliphatic rings. The first kappa shape index (κ1) is 22.6. The summed E-state index contributed by atoms with van der Waals surface area (Å²) in [5, 5.41) is 2.59. The Bertz CT molecular complexity index is 441. The highest BCUT2D eigenvalue weighted by atomic mass is 32.2. The van der Waals surface area contributed by atoms with Crippen LogP contribution in [-0.4, -0.2) is 58.8 Å². The molecule has 0 fully saturated rings. The molecule has 0 radical (unpaired) electrons. The highest BCUT2D eigenvalue weighted by molar-refractivity contribution is 8.13. The van der Waals surface area contributed by atoms with Crippen LogP contribution in [0.4, 0.5) is 9.59 Å². The summed E-state index contributed by atoms with van der Waals surface area (Å²) in [5.74, 6) is 0.473. The standard InChI is InChI=1S/C16H30N2O5S/c1-12(19)24-11-10-18(14(21)23-16(5,6)7)9-8-17-13(20)22-15(2,3)4/h8-11H2,1-7H3,(H,17,20). The van der Waals surface area contributed by atoms with Crippen molar-refractivity contribution in [1.29, 1.82) is 0 Å². The number of ether oxygens (including phenoxy) is 2. The van der Waals surface area contributed by atoms with Gasteiger partial charge in [-0.25, -0.2) is 9.59 Å². The summed E-state index contributed by atoms with van der Waals surface area (Å²) in [6.45, 7) is 13.0. The fraction of sp³-hybridized carbons (Fsp3) is 0.812. The lowest BCUT2D eigenvalue weighted by Crippen LogP contribution is -2.43. The van der Waals surface area contributed by atoms with Gasteiger partial charge in [-0.3, -0.25) is 4.79 Å². The van der Waals surface area contributed by atoms with Gasteiger partial charge in [0, 0.05) is 32.3 Å². The summed E-state index contributed by atoms with van der Waals surface area (Å²) in [7, 11) is 0. The summed E-state index contributed by atoms with van der Waals surface area (Å²) in [5.41, 5.74) is -1.19. The van der Waals surface area contributed by atoms with Crippen molar-refractivity contribution in [2.24, 2.45) is 0 Å². The Labute approximate surface area is 148 Å². The minimum atomic E-state index is -0.609. The average molecular weight is 362 g/mol. The van der Waals surface area contributed by atoms with E-state index in [9.17, 15) is 14.4 Å². The third-order valence-corrected chi connectivity index (χ3v) is 3.16. The predicted octanol–water partition coefficient (Wildman–Crippen LogP) is 3.03. The number of rotatable bonds is 6. The van der Waals surface area contributed by atoms with E-state index in [2.05, 4.69) is 5.32 Å². The first-order chi connectivity index (χ1) is 10.8. The van der Waals surface area contributed by atoms with Crippen LogP contribution in [0.5, 0.6) is 0 Å². The number of hydrogen-bond donors (Lipinski definition) is 1. The van der Waals surface area contributed by atoms with Crippen LogP contribution in [0, 0.1) is 0 Å². The van der Waals surface area contributed by atoms with Gasteiger partial charge in [0.2, 0.25) is 0 Å². The molecular weight excluding hydrogens is 332 g/mol. The number of hydrogen-bond acceptors (Lipinski definition) is 6. The second-order valence-electron chi connectivity index (χ2n) is 7.24. The molecule has 8 heteroatoms. The summed E-state index contributed by atoms with van der Waals surface area (Å²) >= 11 is 1.14. The SMILES string of the molecule is CC(=O)SCCN(CCNC(=O)OC(C)(C)C)C(=O)OC(C)(C)C. The zero-order chi connectivity index (χ0) is 19.0. The van der Waals surface area contributed by atoms with Gasteiger partial charge in [-0.2, -0.15) is 0 Å². The lowest BCUT2D eigenvalue weighted by atomic mass is 10.2. The van der Waals surface area contributed by atoms with Gasteiger partial charge in [0.1, 0.15) is 11.2 Å². The fourth-order valence-corrected chi connectivity index (χ4v) is 2.13. The van der Waals surface area contributed by atoms with Crippen LogP contribution in [0.15, 0.2) is 0 Å². The van der Waals surface area contributed by atoms with Crippen molar-refractivity contribution in [1.82, 2.24) is 10.2 Å². The Hall–Kier alpha value is -1.44. The van der Waals surface area contributed by atoms with Gasteiger partial charge in [-0.05, 0) is 41.5 Å². The van der Waals surface area contributed by atoms with Crippen LogP contribution >= 0.6 is 11.8 Å². The monoisotopic (exact) mass is 362 g/mol. The number of amides is 2. The van der Waals surface area contributed by atoms with E-state index in [1.54, 1.807) is 41.5 Å². The molecule has 0 unspecified atom stereocenters. The van der Waals surface area contributed by atoms with Gasteiger partial charge < -0.3 is 19.7 Å². The van der Waals surface area contributed by atoms with Gasteiger partial charge in [0.15, 0.2) is 5.12 Å². The van der Waals surface area contributed by atoms with Crippen LogP contribution < -0.4 is 5.32 Å². The van der Waals surface area contributed by atoms with E-state index in [1.807, 2.05) is 0 Å². The van der Waals surface area contributed by atoms with Gasteiger partial charge in [-0.15, -0.1) is 0 Å². The molecule has 7 nitrogen and oxygen atoms in total. The second-order valence-corrected chi connectivity index (χ2v) is 8.51. The maximum atomic E-state index is 12.2. The molecule has 0 rings (SSSR count). The highest BCUT2D eigenvalue weighted by Crippen LogP contribution is 2.11. The Balaban J connectivity index is 4.50. The lowest BCUT2D eigenvalue weighted by Gasteiger charge is -2.27. The van der Waals surface area contributed by atoms with Crippen LogP contribution in [0.3, 0.4) is 0 Å². The van der Waals surface area contributed by atoms with Gasteiger partial charge >= 0.3 is 12.2 Å². The van der Waals surface area contributed by atoms with E-state index in [4.69, 9.17) is 9.47 Å². The van der Waals surface area contributed by atoms with E-state index in [-0.39, 0.29) is 18.2 Å². The third-order valence-electron chi connectivity index (χ3n) is 2.37. The van der Waals surface area contributed by atoms with Gasteiger partial charge in [-0.1, -0.05) is 11.8 Å². The van der Waals surface area contributed by atoms with Crippen molar-refractivity contribution in [3.8, 4) is 0 Å². The summed E-state index contributed by atoms with van der Waals surface area (Å²) in [4.78, 5) is 36.3. The van der Waals surface area contributed by atoms with Crippen molar-refractivity contribution in [2.75, 3.05) is 25.4 Å². The topological polar surface area (TPSA) is 84.9 Å². The van der Waals surface area contributed by atoms with Crippen molar-refractivity contribution >= 4 is 29.1 Å². The van der Waals surface area contributed by atoms with E-state index < -0.39 is 23.4 Å². The number of thioether (sulfide) groups is 1. The highest BCUT2D eigenvalue weighted by Gasteiger charge is 2.22. The van der Waals surface area contributed by atoms with E-state index in [0.29, 0.717) is 12.3 Å². The molecule has 2 amide bonds. The first-order valence-corrected chi connectivity index (χ1v) is 8.87. The molecule has 24 heavy (non-hydrogen) atoms. The van der Waals surface area contributed by atoms with E-state index in [1.165, 1.54) is 11.8 Å². The van der Waals surface area contributed by atoms with E-state index >= 15 is 0 Å². The molecular formula is C16H30N2O5S. The van der Waals surface area contributed by atoms with Crippen LogP contribution in [0.1, 0.15) is 48.5 Å². The Morgan fingerprint density at radius 2 is 1.50 bits per heavy atom. The van der Waals surface area contributed by atoms with Crippen LogP contribution in [-0.2, 0) is 14.3 Å². The van der Waals surface area contributed by atoms with Gasteiger partial charge in [0.25, 0.3) is 0 Å². The smallest absolute Gasteiger partial charge is 0.410 e. The molecule has 0 aromatic rings. The van der Waals surface area contributed by atoms with Crippen LogP contribution in [0.25, 0.3) is 0 Å². The Kier molecular flexibility index (Phi) is 9.17. The number of nitrogens with one attached hydrogen (secondary N) is 1. The largest absolute Gasteiger partial charge is 0.444 e. The normalized spacial score (nSPS) is 11.6. The minimum Gasteiger partial charge on any atom is -0.444 e. The van der Waals surface area contributed by atoms with Crippen LogP contribution in [0.2, 0.25) is 0 Å². The summed E-state index contributed by atoms with van der Waals surface area (Å²) in [6, 6.07) is 0. The van der Waals surface area contributed by atoms with Crippen molar-refractivity contribution < 1.29 is 23.9 Å². The molecule has 0 aliphatic carbocycles. The molecule has 0 heterocycles. The molecule has 0 atom stereocenters. The average Bonchev–Trinajstić information content (AvgIpc) is 2.32. The lowest BCUT2D eigenvalue weighted by molar-refractivity contribution is -0.109. The van der Waals surface area contributed by atoms with Crippen molar-refractivity contribution in [3.05, 3.63) is 0 Å². The number of carbonyl (C=O) groups is 3. The maximum Gasteiger partial charge on any atom is 0.410 e. The summed E-state index contributed by atoms with van der Waals surface area (Å²) in [6.07, 6.45) is -1.01. The zero-order valence-electron chi connectivity index (χ0n) is 15.7. The van der Waals surface area contributed by atoms with Crippen molar-refractivity contribution in [2.45, 2.75) is 59.7 Å². The molecule has 140 valence electrons. The zero-order valence-corrected chi connectivity index (χ0v) is 16.5. The Morgan fingerprint density at radius 1 is 0.958 bits per heavy atom. The Morgan fingerprint density at radius 3 is 1.96 bits per heavy atom. The number of carbonyl (C=O) groups excluding carboxylic acids is 3. The molecule has 0 saturated carbocycles. The van der Waals surface area contributed by atoms with Gasteiger partial charge in [0.05, 0.1) is 0 Å². The fourth-order valence-electron chi connectivity index (χ4n) is 1.53. The molecule has 0 aromatic carbocycles. The van der Waals surface area contributed by atoms with Crippen molar-refractivity contribution in [3.63, 3.8) is 0 Å². The molecule has 0 aliphatic heterocycles. The molecule has 0 spiro atoms. The second kappa shape index (κ2) is 9.76. The minimum absolute atomic E-state index is 0.00832. The maximum absolute atomic E-state index is 12.2. The number of alkyl carbamates (subject to hydrolysis) is 1. The number of nitrogens with zero attached hydrogens (tertiary/aromatic N) is 1. The summed E-state index contributed by atoms with van der Waals surface area (Å²) < 4.78 is 10.5. The molecule has 0 aromatic heterocycles. The third kappa shape index (κ3) is 13.0.